The Kier molecular flexibility index (Phi) is 5.23. The molecule has 0 saturated carbocycles. The van der Waals surface area contributed by atoms with E-state index >= 15 is 0 Å². The van der Waals surface area contributed by atoms with Gasteiger partial charge in [-0.1, -0.05) is 0 Å². The van der Waals surface area contributed by atoms with Gasteiger partial charge in [-0.3, -0.25) is 0 Å². The van der Waals surface area contributed by atoms with Crippen LogP contribution in [-0.4, -0.2) is 64.6 Å². The fourth-order valence-electron chi connectivity index (χ4n) is 4.43. The molecule has 0 amide bonds. The Balaban J connectivity index is 1.88. The number of aromatic nitrogens is 3. The van der Waals surface area contributed by atoms with Crippen molar-refractivity contribution in [3.05, 3.63) is 5.28 Å². The van der Waals surface area contributed by atoms with E-state index in [1.807, 2.05) is 0 Å². The predicted octanol–water partition coefficient (Wildman–Crippen LogP) is 1.37. The van der Waals surface area contributed by atoms with Gasteiger partial charge in [-0.25, -0.2) is 8.42 Å². The van der Waals surface area contributed by atoms with E-state index < -0.39 is 15.4 Å². The van der Waals surface area contributed by atoms with Crippen LogP contribution >= 0.6 is 11.6 Å². The number of nitrogens with one attached hydrogen (secondary N) is 2. The molecule has 9 nitrogen and oxygen atoms in total. The third-order valence-corrected chi connectivity index (χ3v) is 6.73. The monoisotopic (exact) mass is 427 g/mol. The van der Waals surface area contributed by atoms with Crippen molar-refractivity contribution in [2.75, 3.05) is 34.8 Å². The highest BCUT2D eigenvalue weighted by Gasteiger charge is 2.48. The number of piperidine rings is 1. The standard InChI is InChI=1S/C17H26ClN7O2S/c1-15(2)9-17(11-19,10-16(3,4)24-15)23-13-20-12(18)21-14(22-13)25-5-7-28(26,27)8-6-25/h24H,5-10H2,1-4H3,(H,20,21,22,23). The summed E-state index contributed by atoms with van der Waals surface area (Å²) in [5.74, 6) is 0.640. The summed E-state index contributed by atoms with van der Waals surface area (Å²) in [6.45, 7) is 8.83. The van der Waals surface area contributed by atoms with Crippen LogP contribution in [0.2, 0.25) is 5.28 Å². The van der Waals surface area contributed by atoms with Crippen LogP contribution in [0.3, 0.4) is 0 Å². The molecule has 154 valence electrons. The Bertz CT molecular complexity index is 881. The number of hydrogen-bond acceptors (Lipinski definition) is 9. The van der Waals surface area contributed by atoms with Crippen LogP contribution in [0.25, 0.3) is 0 Å². The summed E-state index contributed by atoms with van der Waals surface area (Å²) >= 11 is 6.10. The van der Waals surface area contributed by atoms with Crippen LogP contribution in [0.15, 0.2) is 0 Å². The lowest BCUT2D eigenvalue weighted by Crippen LogP contribution is -2.65. The topological polar surface area (TPSA) is 124 Å². The van der Waals surface area contributed by atoms with Crippen molar-refractivity contribution in [1.29, 1.82) is 5.26 Å². The van der Waals surface area contributed by atoms with Crippen molar-refractivity contribution >= 4 is 33.3 Å². The van der Waals surface area contributed by atoms with Gasteiger partial charge in [0.05, 0.1) is 17.6 Å². The first-order valence-electron chi connectivity index (χ1n) is 9.19. The SMILES string of the molecule is CC1(C)CC(C#N)(Nc2nc(Cl)nc(N3CCS(=O)(=O)CC3)n2)CC(C)(C)N1. The van der Waals surface area contributed by atoms with Crippen LogP contribution < -0.4 is 15.5 Å². The van der Waals surface area contributed by atoms with E-state index in [9.17, 15) is 13.7 Å². The summed E-state index contributed by atoms with van der Waals surface area (Å²) in [6, 6.07) is 2.42. The van der Waals surface area contributed by atoms with Gasteiger partial charge in [0.1, 0.15) is 5.54 Å². The molecular formula is C17H26ClN7O2S. The van der Waals surface area contributed by atoms with Gasteiger partial charge < -0.3 is 15.5 Å². The van der Waals surface area contributed by atoms with Gasteiger partial charge >= 0.3 is 0 Å². The van der Waals surface area contributed by atoms with Gasteiger partial charge in [0.2, 0.25) is 17.2 Å². The number of halogens is 1. The van der Waals surface area contributed by atoms with Crippen LogP contribution in [0, 0.1) is 11.3 Å². The largest absolute Gasteiger partial charge is 0.339 e. The van der Waals surface area contributed by atoms with Crippen molar-refractivity contribution in [2.45, 2.75) is 57.2 Å². The molecule has 0 aromatic carbocycles. The minimum atomic E-state index is -3.02. The Morgan fingerprint density at radius 2 is 1.68 bits per heavy atom. The second kappa shape index (κ2) is 6.97. The Morgan fingerprint density at radius 1 is 1.11 bits per heavy atom. The van der Waals surface area contributed by atoms with E-state index in [2.05, 4.69) is 59.3 Å². The normalized spacial score (nSPS) is 24.9. The molecule has 2 aliphatic rings. The van der Waals surface area contributed by atoms with Gasteiger partial charge in [0, 0.05) is 37.0 Å². The molecule has 2 aliphatic heterocycles. The first kappa shape index (κ1) is 21.0. The number of nitrogens with zero attached hydrogens (tertiary/aromatic N) is 5. The molecule has 0 spiro atoms. The smallest absolute Gasteiger partial charge is 0.231 e. The van der Waals surface area contributed by atoms with Crippen LogP contribution in [-0.2, 0) is 9.84 Å². The minimum Gasteiger partial charge on any atom is -0.339 e. The molecule has 2 N–H and O–H groups in total. The maximum atomic E-state index is 11.7. The molecular weight excluding hydrogens is 402 g/mol. The highest BCUT2D eigenvalue weighted by atomic mass is 35.5. The molecule has 0 bridgehead atoms. The summed E-state index contributed by atoms with van der Waals surface area (Å²) < 4.78 is 23.3. The molecule has 0 radical (unpaired) electrons. The average molecular weight is 428 g/mol. The highest BCUT2D eigenvalue weighted by molar-refractivity contribution is 7.91. The van der Waals surface area contributed by atoms with Crippen LogP contribution in [0.5, 0.6) is 0 Å². The molecule has 0 atom stereocenters. The summed E-state index contributed by atoms with van der Waals surface area (Å²) in [6.07, 6.45) is 1.11. The van der Waals surface area contributed by atoms with Crippen molar-refractivity contribution in [3.63, 3.8) is 0 Å². The maximum Gasteiger partial charge on any atom is 0.231 e. The zero-order chi connectivity index (χ0) is 20.8. The van der Waals surface area contributed by atoms with E-state index in [0.717, 1.165) is 0 Å². The van der Waals surface area contributed by atoms with Crippen LogP contribution in [0.4, 0.5) is 11.9 Å². The fraction of sp³-hybridized carbons (Fsp3) is 0.765. The first-order valence-corrected chi connectivity index (χ1v) is 11.4. The quantitative estimate of drug-likeness (QED) is 0.735. The molecule has 28 heavy (non-hydrogen) atoms. The predicted molar refractivity (Wildman–Crippen MR) is 108 cm³/mol. The molecule has 0 unspecified atom stereocenters. The van der Waals surface area contributed by atoms with Crippen molar-refractivity contribution < 1.29 is 8.42 Å². The molecule has 1 aromatic heterocycles. The maximum absolute atomic E-state index is 11.7. The van der Waals surface area contributed by atoms with Crippen molar-refractivity contribution in [1.82, 2.24) is 20.3 Å². The molecule has 0 aliphatic carbocycles. The second-order valence-corrected chi connectivity index (χ2v) is 11.6. The lowest BCUT2D eigenvalue weighted by molar-refractivity contribution is 0.143. The lowest BCUT2D eigenvalue weighted by Gasteiger charge is -2.50. The first-order chi connectivity index (χ1) is 12.8. The average Bonchev–Trinajstić information content (AvgIpc) is 2.51. The number of sulfone groups is 1. The molecule has 3 rings (SSSR count). The zero-order valence-electron chi connectivity index (χ0n) is 16.6. The Morgan fingerprint density at radius 3 is 2.21 bits per heavy atom. The number of rotatable bonds is 3. The molecule has 1 aromatic rings. The summed E-state index contributed by atoms with van der Waals surface area (Å²) in [7, 11) is -3.02. The highest BCUT2D eigenvalue weighted by Crippen LogP contribution is 2.37. The minimum absolute atomic E-state index is 0.00137. The van der Waals surface area contributed by atoms with E-state index in [0.29, 0.717) is 31.9 Å². The third-order valence-electron chi connectivity index (χ3n) is 4.95. The number of hydrogen-bond donors (Lipinski definition) is 2. The summed E-state index contributed by atoms with van der Waals surface area (Å²) in [5, 5.41) is 16.7. The summed E-state index contributed by atoms with van der Waals surface area (Å²) in [5.41, 5.74) is -1.39. The molecule has 2 saturated heterocycles. The number of nitriles is 1. The van der Waals surface area contributed by atoms with Gasteiger partial charge in [-0.15, -0.1) is 0 Å². The van der Waals surface area contributed by atoms with E-state index in [4.69, 9.17) is 11.6 Å². The van der Waals surface area contributed by atoms with E-state index in [1.165, 1.54) is 0 Å². The molecule has 2 fully saturated rings. The van der Waals surface area contributed by atoms with Crippen LogP contribution in [0.1, 0.15) is 40.5 Å². The fourth-order valence-corrected chi connectivity index (χ4v) is 5.79. The van der Waals surface area contributed by atoms with Crippen molar-refractivity contribution in [2.24, 2.45) is 0 Å². The van der Waals surface area contributed by atoms with Gasteiger partial charge in [-0.2, -0.15) is 20.2 Å². The Hall–Kier alpha value is -1.70. The molecule has 3 heterocycles. The lowest BCUT2D eigenvalue weighted by atomic mass is 9.71. The Labute approximate surface area is 170 Å². The third kappa shape index (κ3) is 4.82. The second-order valence-electron chi connectivity index (χ2n) is 8.93. The van der Waals surface area contributed by atoms with Crippen molar-refractivity contribution in [3.8, 4) is 6.07 Å². The van der Waals surface area contributed by atoms with Gasteiger partial charge in [0.15, 0.2) is 9.84 Å². The van der Waals surface area contributed by atoms with E-state index in [1.54, 1.807) is 4.90 Å². The van der Waals surface area contributed by atoms with Gasteiger partial charge in [-0.05, 0) is 39.3 Å². The van der Waals surface area contributed by atoms with Gasteiger partial charge in [0.25, 0.3) is 0 Å². The number of anilines is 2. The summed E-state index contributed by atoms with van der Waals surface area (Å²) in [4.78, 5) is 14.5. The molecule has 11 heteroatoms. The van der Waals surface area contributed by atoms with E-state index in [-0.39, 0.29) is 33.8 Å². The zero-order valence-corrected chi connectivity index (χ0v) is 18.2.